The number of H-pyrrole nitrogens is 2. The first-order valence-corrected chi connectivity index (χ1v) is 11.1. The molecule has 0 amide bonds. The molecule has 32 heavy (non-hydrogen) atoms. The van der Waals surface area contributed by atoms with Gasteiger partial charge in [-0.3, -0.25) is 10.1 Å². The highest BCUT2D eigenvalue weighted by Gasteiger charge is 2.17. The smallest absolute Gasteiger partial charge is 0.161 e. The molecule has 5 aromatic heterocycles. The third kappa shape index (κ3) is 3.04. The van der Waals surface area contributed by atoms with E-state index in [2.05, 4.69) is 49.1 Å². The van der Waals surface area contributed by atoms with Crippen molar-refractivity contribution >= 4 is 39.1 Å². The van der Waals surface area contributed by atoms with Gasteiger partial charge in [-0.1, -0.05) is 12.1 Å². The first kappa shape index (κ1) is 18.7. The number of benzene rings is 1. The highest BCUT2D eigenvalue weighted by atomic mass is 32.1. The molecule has 0 spiro atoms. The number of nitrogens with zero attached hydrogens (tertiary/aromatic N) is 5. The number of fused-ring (bicyclic) bond motifs is 2. The van der Waals surface area contributed by atoms with Crippen molar-refractivity contribution in [3.8, 4) is 33.9 Å². The van der Waals surface area contributed by atoms with E-state index in [-0.39, 0.29) is 0 Å². The van der Waals surface area contributed by atoms with E-state index < -0.39 is 0 Å². The Balaban J connectivity index is 1.49. The van der Waals surface area contributed by atoms with E-state index in [1.165, 1.54) is 5.56 Å². The molecule has 6 rings (SSSR count). The molecule has 0 radical (unpaired) electrons. The van der Waals surface area contributed by atoms with Gasteiger partial charge in [-0.05, 0) is 46.7 Å². The van der Waals surface area contributed by atoms with Gasteiger partial charge in [0.05, 0.1) is 34.1 Å². The van der Waals surface area contributed by atoms with Crippen LogP contribution in [0.5, 0.6) is 0 Å². The molecular weight excluding hydrogens is 418 g/mol. The Morgan fingerprint density at radius 3 is 2.69 bits per heavy atom. The van der Waals surface area contributed by atoms with Crippen LogP contribution in [0.25, 0.3) is 56.0 Å². The number of nitrogens with one attached hydrogen (secondary N) is 2. The Morgan fingerprint density at radius 1 is 0.906 bits per heavy atom. The summed E-state index contributed by atoms with van der Waals surface area (Å²) < 4.78 is 0. The number of thiophene rings is 1. The lowest BCUT2D eigenvalue weighted by Gasteiger charge is -2.12. The molecule has 0 saturated carbocycles. The number of pyridine rings is 2. The molecule has 5 heterocycles. The van der Waals surface area contributed by atoms with Crippen LogP contribution in [0.15, 0.2) is 65.6 Å². The second kappa shape index (κ2) is 7.28. The van der Waals surface area contributed by atoms with Crippen LogP contribution in [0.3, 0.4) is 0 Å². The van der Waals surface area contributed by atoms with Crippen molar-refractivity contribution in [2.24, 2.45) is 0 Å². The van der Waals surface area contributed by atoms with Crippen LogP contribution in [0, 0.1) is 0 Å². The monoisotopic (exact) mass is 437 g/mol. The fraction of sp³-hybridized carbons (Fsp3) is 0.0833. The Labute approximate surface area is 187 Å². The van der Waals surface area contributed by atoms with Crippen LogP contribution in [0.2, 0.25) is 0 Å². The summed E-state index contributed by atoms with van der Waals surface area (Å²) in [5.74, 6) is 0.693. The van der Waals surface area contributed by atoms with E-state index in [9.17, 15) is 0 Å². The summed E-state index contributed by atoms with van der Waals surface area (Å²) in [6.07, 6.45) is 3.67. The van der Waals surface area contributed by atoms with E-state index in [0.29, 0.717) is 11.5 Å². The van der Waals surface area contributed by atoms with Crippen LogP contribution in [-0.4, -0.2) is 44.2 Å². The first-order chi connectivity index (χ1) is 15.7. The van der Waals surface area contributed by atoms with Gasteiger partial charge in [0.15, 0.2) is 11.5 Å². The highest BCUT2D eigenvalue weighted by molar-refractivity contribution is 7.08. The van der Waals surface area contributed by atoms with E-state index in [1.807, 2.05) is 55.7 Å². The molecule has 8 heteroatoms. The molecule has 0 fully saturated rings. The molecule has 156 valence electrons. The maximum atomic E-state index is 4.91. The minimum atomic E-state index is 0.693. The van der Waals surface area contributed by atoms with Crippen LogP contribution < -0.4 is 4.90 Å². The number of anilines is 1. The van der Waals surface area contributed by atoms with Gasteiger partial charge in [0, 0.05) is 31.4 Å². The third-order valence-corrected chi connectivity index (χ3v) is 6.20. The second-order valence-electron chi connectivity index (χ2n) is 7.79. The molecule has 0 aliphatic heterocycles. The largest absolute Gasteiger partial charge is 0.376 e. The Hall–Kier alpha value is -4.04. The maximum absolute atomic E-state index is 4.91. The summed E-state index contributed by atoms with van der Waals surface area (Å²) in [5, 5.41) is 11.8. The van der Waals surface area contributed by atoms with Gasteiger partial charge < -0.3 is 9.88 Å². The van der Waals surface area contributed by atoms with E-state index >= 15 is 0 Å². The zero-order chi connectivity index (χ0) is 21.7. The average Bonchev–Trinajstić information content (AvgIpc) is 3.57. The van der Waals surface area contributed by atoms with E-state index in [0.717, 1.165) is 44.6 Å². The Bertz CT molecular complexity index is 1560. The van der Waals surface area contributed by atoms with Gasteiger partial charge in [-0.15, -0.1) is 0 Å². The SMILES string of the molecule is CN(C)c1cncc(-c2ccc3[nH]nc(-c4nc5c(-c6ccsc6)cccc5[nH]4)c3n2)c1. The number of aromatic amines is 2. The molecule has 0 saturated heterocycles. The molecule has 0 aliphatic carbocycles. The first-order valence-electron chi connectivity index (χ1n) is 10.2. The quantitative estimate of drug-likeness (QED) is 0.388. The Morgan fingerprint density at radius 2 is 1.84 bits per heavy atom. The third-order valence-electron chi connectivity index (χ3n) is 5.51. The normalized spacial score (nSPS) is 11.4. The standard InChI is InChI=1S/C24H19N7S/c1-31(2)16-10-15(11-25-12-16)18-6-7-20-22(26-18)23(30-29-20)24-27-19-5-3-4-17(21(19)28-24)14-8-9-32-13-14/h3-13H,1-2H3,(H,27,28)(H,29,30). The fourth-order valence-electron chi connectivity index (χ4n) is 3.83. The molecule has 1 aromatic carbocycles. The summed E-state index contributed by atoms with van der Waals surface area (Å²) >= 11 is 1.68. The predicted octanol–water partition coefficient (Wildman–Crippen LogP) is 5.36. The molecular formula is C24H19N7S. The molecule has 0 bridgehead atoms. The lowest BCUT2D eigenvalue weighted by atomic mass is 10.1. The lowest BCUT2D eigenvalue weighted by molar-refractivity contribution is 1.10. The van der Waals surface area contributed by atoms with Crippen molar-refractivity contribution < 1.29 is 0 Å². The summed E-state index contributed by atoms with van der Waals surface area (Å²) in [6, 6.07) is 14.3. The van der Waals surface area contributed by atoms with Gasteiger partial charge in [-0.25, -0.2) is 9.97 Å². The van der Waals surface area contributed by atoms with Crippen molar-refractivity contribution in [3.63, 3.8) is 0 Å². The Kier molecular flexibility index (Phi) is 4.26. The van der Waals surface area contributed by atoms with Crippen LogP contribution in [0.4, 0.5) is 5.69 Å². The highest BCUT2D eigenvalue weighted by Crippen LogP contribution is 2.32. The van der Waals surface area contributed by atoms with Crippen molar-refractivity contribution in [2.75, 3.05) is 19.0 Å². The number of rotatable bonds is 4. The van der Waals surface area contributed by atoms with Gasteiger partial charge in [-0.2, -0.15) is 16.4 Å². The average molecular weight is 438 g/mol. The van der Waals surface area contributed by atoms with Crippen molar-refractivity contribution in [2.45, 2.75) is 0 Å². The number of hydrogen-bond acceptors (Lipinski definition) is 6. The molecule has 2 N–H and O–H groups in total. The summed E-state index contributed by atoms with van der Waals surface area (Å²) in [4.78, 5) is 19.6. The molecule has 6 aromatic rings. The molecule has 7 nitrogen and oxygen atoms in total. The van der Waals surface area contributed by atoms with E-state index in [1.54, 1.807) is 11.3 Å². The summed E-state index contributed by atoms with van der Waals surface area (Å²) in [5.41, 5.74) is 9.32. The van der Waals surface area contributed by atoms with Gasteiger partial charge >= 0.3 is 0 Å². The second-order valence-corrected chi connectivity index (χ2v) is 8.57. The number of aromatic nitrogens is 6. The zero-order valence-corrected chi connectivity index (χ0v) is 18.3. The van der Waals surface area contributed by atoms with Crippen LogP contribution in [0.1, 0.15) is 0 Å². The lowest BCUT2D eigenvalue weighted by Crippen LogP contribution is -2.08. The minimum Gasteiger partial charge on any atom is -0.376 e. The molecule has 0 unspecified atom stereocenters. The maximum Gasteiger partial charge on any atom is 0.161 e. The van der Waals surface area contributed by atoms with Crippen LogP contribution in [-0.2, 0) is 0 Å². The van der Waals surface area contributed by atoms with Crippen molar-refractivity contribution in [1.82, 2.24) is 30.1 Å². The fourth-order valence-corrected chi connectivity index (χ4v) is 4.49. The van der Waals surface area contributed by atoms with Gasteiger partial charge in [0.25, 0.3) is 0 Å². The van der Waals surface area contributed by atoms with E-state index in [4.69, 9.17) is 9.97 Å². The topological polar surface area (TPSA) is 86.4 Å². The van der Waals surface area contributed by atoms with Gasteiger partial charge in [0.1, 0.15) is 5.52 Å². The zero-order valence-electron chi connectivity index (χ0n) is 17.5. The molecule has 0 atom stereocenters. The van der Waals surface area contributed by atoms with Gasteiger partial charge in [0.2, 0.25) is 0 Å². The number of imidazole rings is 1. The summed E-state index contributed by atoms with van der Waals surface area (Å²) in [7, 11) is 4.00. The van der Waals surface area contributed by atoms with Crippen molar-refractivity contribution in [1.29, 1.82) is 0 Å². The predicted molar refractivity (Wildman–Crippen MR) is 130 cm³/mol. The van der Waals surface area contributed by atoms with Crippen molar-refractivity contribution in [3.05, 3.63) is 65.6 Å². The number of para-hydroxylation sites is 1. The minimum absolute atomic E-state index is 0.693. The molecule has 0 aliphatic rings. The summed E-state index contributed by atoms with van der Waals surface area (Å²) in [6.45, 7) is 0. The number of hydrogen-bond donors (Lipinski definition) is 2. The van der Waals surface area contributed by atoms with Crippen LogP contribution >= 0.6 is 11.3 Å².